The highest BCUT2D eigenvalue weighted by molar-refractivity contribution is 6.28. The van der Waals surface area contributed by atoms with Gasteiger partial charge in [0.25, 0.3) is 5.95 Å². The van der Waals surface area contributed by atoms with Crippen LogP contribution in [0.4, 0.5) is 10.7 Å². The minimum atomic E-state index is -0.172. The van der Waals surface area contributed by atoms with Gasteiger partial charge in [0.2, 0.25) is 11.2 Å². The molecule has 0 unspecified atom stereocenters. The summed E-state index contributed by atoms with van der Waals surface area (Å²) in [5.74, 6) is 0.548. The monoisotopic (exact) mass is 311 g/mol. The van der Waals surface area contributed by atoms with Gasteiger partial charge in [0.1, 0.15) is 12.7 Å². The van der Waals surface area contributed by atoms with Gasteiger partial charge in [-0.15, -0.1) is 0 Å². The number of carbonyl (C=O) groups excluding carboxylic acids is 1. The summed E-state index contributed by atoms with van der Waals surface area (Å²) >= 11 is 5.83. The van der Waals surface area contributed by atoms with Gasteiger partial charge in [-0.3, -0.25) is 0 Å². The molecule has 21 heavy (non-hydrogen) atoms. The summed E-state index contributed by atoms with van der Waals surface area (Å²) < 4.78 is 1.37. The zero-order valence-electron chi connectivity index (χ0n) is 11.5. The zero-order valence-corrected chi connectivity index (χ0v) is 12.2. The van der Waals surface area contributed by atoms with Crippen LogP contribution < -0.4 is 10.6 Å². The van der Waals surface area contributed by atoms with E-state index in [0.717, 1.165) is 0 Å². The van der Waals surface area contributed by atoms with Gasteiger partial charge in [0, 0.05) is 27.2 Å². The molecule has 2 rings (SSSR count). The summed E-state index contributed by atoms with van der Waals surface area (Å²) in [6.45, 7) is 0.857. The van der Waals surface area contributed by atoms with Gasteiger partial charge in [-0.25, -0.2) is 9.78 Å². The Morgan fingerprint density at radius 2 is 2.14 bits per heavy atom. The molecule has 2 amide bonds. The summed E-state index contributed by atoms with van der Waals surface area (Å²) in [4.78, 5) is 28.6. The van der Waals surface area contributed by atoms with Crippen LogP contribution in [0.2, 0.25) is 5.28 Å². The van der Waals surface area contributed by atoms with E-state index in [1.807, 2.05) is 0 Å². The third-order valence-corrected chi connectivity index (χ3v) is 2.48. The van der Waals surface area contributed by atoms with E-state index in [2.05, 4.69) is 35.7 Å². The molecule has 0 saturated heterocycles. The van der Waals surface area contributed by atoms with Crippen molar-refractivity contribution in [1.82, 2.24) is 39.9 Å². The molecule has 0 aliphatic carbocycles. The van der Waals surface area contributed by atoms with Crippen molar-refractivity contribution in [2.45, 2.75) is 0 Å². The van der Waals surface area contributed by atoms with Crippen molar-refractivity contribution in [2.24, 2.45) is 0 Å². The maximum absolute atomic E-state index is 11.3. The van der Waals surface area contributed by atoms with Gasteiger partial charge >= 0.3 is 6.03 Å². The number of hydrogen-bond acceptors (Lipinski definition) is 7. The molecule has 2 N–H and O–H groups in total. The van der Waals surface area contributed by atoms with E-state index < -0.39 is 0 Å². The van der Waals surface area contributed by atoms with Crippen LogP contribution in [0.1, 0.15) is 0 Å². The standard InChI is InChI=1S/C10H14ClN9O/c1-19(2)10(21)14-4-3-13-8-16-7(11)17-9(18-8)20-6-12-5-15-20/h5-6H,3-4H2,1-2H3,(H,14,21)(H,13,16,17,18). The van der Waals surface area contributed by atoms with Gasteiger partial charge in [-0.05, 0) is 11.6 Å². The molecule has 2 aromatic heterocycles. The highest BCUT2D eigenvalue weighted by atomic mass is 35.5. The second kappa shape index (κ2) is 6.79. The maximum atomic E-state index is 11.3. The van der Waals surface area contributed by atoms with Crippen LogP contribution in [-0.4, -0.2) is 67.8 Å². The number of halogens is 1. The molecule has 0 bridgehead atoms. The molecular weight excluding hydrogens is 298 g/mol. The second-order valence-electron chi connectivity index (χ2n) is 4.12. The minimum Gasteiger partial charge on any atom is -0.352 e. The SMILES string of the molecule is CN(C)C(=O)NCCNc1nc(Cl)nc(-n2cncn2)n1. The van der Waals surface area contributed by atoms with Gasteiger partial charge in [-0.1, -0.05) is 0 Å². The van der Waals surface area contributed by atoms with E-state index in [1.165, 1.54) is 22.2 Å². The predicted molar refractivity (Wildman–Crippen MR) is 75.3 cm³/mol. The highest BCUT2D eigenvalue weighted by Crippen LogP contribution is 2.07. The van der Waals surface area contributed by atoms with E-state index in [9.17, 15) is 4.79 Å². The summed E-state index contributed by atoms with van der Waals surface area (Å²) in [6.07, 6.45) is 2.81. The molecule has 112 valence electrons. The lowest BCUT2D eigenvalue weighted by atomic mass is 10.6. The first kappa shape index (κ1) is 14.9. The van der Waals surface area contributed by atoms with Crippen LogP contribution in [0.15, 0.2) is 12.7 Å². The lowest BCUT2D eigenvalue weighted by Crippen LogP contribution is -2.37. The Balaban J connectivity index is 1.93. The average molecular weight is 312 g/mol. The summed E-state index contributed by atoms with van der Waals surface area (Å²) in [7, 11) is 3.33. The van der Waals surface area contributed by atoms with Crippen LogP contribution in [0, 0.1) is 0 Å². The number of carbonyl (C=O) groups is 1. The first-order valence-electron chi connectivity index (χ1n) is 6.02. The highest BCUT2D eigenvalue weighted by Gasteiger charge is 2.07. The van der Waals surface area contributed by atoms with Crippen molar-refractivity contribution >= 4 is 23.6 Å². The molecule has 0 radical (unpaired) electrons. The van der Waals surface area contributed by atoms with Gasteiger partial charge < -0.3 is 15.5 Å². The Bertz CT molecular complexity index is 601. The molecule has 0 fully saturated rings. The van der Waals surface area contributed by atoms with Crippen LogP contribution in [0.3, 0.4) is 0 Å². The number of hydrogen-bond donors (Lipinski definition) is 2. The van der Waals surface area contributed by atoms with Crippen molar-refractivity contribution in [3.8, 4) is 5.95 Å². The van der Waals surface area contributed by atoms with Crippen LogP contribution in [-0.2, 0) is 0 Å². The average Bonchev–Trinajstić information content (AvgIpc) is 2.96. The van der Waals surface area contributed by atoms with Gasteiger partial charge in [0.05, 0.1) is 0 Å². The molecule has 0 atom stereocenters. The maximum Gasteiger partial charge on any atom is 0.316 e. The molecule has 0 aliphatic rings. The van der Waals surface area contributed by atoms with Crippen LogP contribution in [0.25, 0.3) is 5.95 Å². The fraction of sp³-hybridized carbons (Fsp3) is 0.400. The van der Waals surface area contributed by atoms with E-state index in [4.69, 9.17) is 11.6 Å². The molecule has 0 aliphatic heterocycles. The fourth-order valence-electron chi connectivity index (χ4n) is 1.33. The second-order valence-corrected chi connectivity index (χ2v) is 4.46. The van der Waals surface area contributed by atoms with E-state index in [1.54, 1.807) is 14.1 Å². The lowest BCUT2D eigenvalue weighted by Gasteiger charge is -2.12. The smallest absolute Gasteiger partial charge is 0.316 e. The van der Waals surface area contributed by atoms with Crippen molar-refractivity contribution < 1.29 is 4.79 Å². The molecule has 2 heterocycles. The van der Waals surface area contributed by atoms with E-state index in [0.29, 0.717) is 19.0 Å². The van der Waals surface area contributed by atoms with Crippen LogP contribution >= 0.6 is 11.6 Å². The van der Waals surface area contributed by atoms with E-state index in [-0.39, 0.29) is 17.3 Å². The number of urea groups is 1. The molecular formula is C10H14ClN9O. The normalized spacial score (nSPS) is 10.2. The first-order chi connectivity index (χ1) is 10.1. The Kier molecular flexibility index (Phi) is 4.82. The third kappa shape index (κ3) is 4.24. The number of amides is 2. The fourth-order valence-corrected chi connectivity index (χ4v) is 1.49. The number of anilines is 1. The molecule has 10 nitrogen and oxygen atoms in total. The first-order valence-corrected chi connectivity index (χ1v) is 6.39. The van der Waals surface area contributed by atoms with Gasteiger partial charge in [-0.2, -0.15) is 24.7 Å². The molecule has 0 saturated carbocycles. The summed E-state index contributed by atoms with van der Waals surface area (Å²) in [5, 5.41) is 9.59. The topological polar surface area (TPSA) is 114 Å². The number of aromatic nitrogens is 6. The zero-order chi connectivity index (χ0) is 15.2. The minimum absolute atomic E-state index is 0.0373. The van der Waals surface area contributed by atoms with Crippen molar-refractivity contribution in [2.75, 3.05) is 32.5 Å². The quantitative estimate of drug-likeness (QED) is 0.734. The lowest BCUT2D eigenvalue weighted by molar-refractivity contribution is 0.218. The Morgan fingerprint density at radius 3 is 2.81 bits per heavy atom. The largest absolute Gasteiger partial charge is 0.352 e. The number of nitrogens with zero attached hydrogens (tertiary/aromatic N) is 7. The third-order valence-electron chi connectivity index (χ3n) is 2.31. The number of rotatable bonds is 5. The van der Waals surface area contributed by atoms with E-state index >= 15 is 0 Å². The molecule has 0 spiro atoms. The molecule has 2 aromatic rings. The summed E-state index contributed by atoms with van der Waals surface area (Å²) in [5.41, 5.74) is 0. The molecule has 11 heteroatoms. The van der Waals surface area contributed by atoms with Crippen molar-refractivity contribution in [3.63, 3.8) is 0 Å². The number of nitrogens with one attached hydrogen (secondary N) is 2. The Morgan fingerprint density at radius 1 is 1.33 bits per heavy atom. The van der Waals surface area contributed by atoms with Gasteiger partial charge in [0.15, 0.2) is 0 Å². The predicted octanol–water partition coefficient (Wildman–Crippen LogP) is -0.211. The Labute approximate surface area is 125 Å². The van der Waals surface area contributed by atoms with Crippen LogP contribution in [0.5, 0.6) is 0 Å². The van der Waals surface area contributed by atoms with Crippen molar-refractivity contribution in [1.29, 1.82) is 0 Å². The summed E-state index contributed by atoms with van der Waals surface area (Å²) in [6, 6.07) is -0.172. The van der Waals surface area contributed by atoms with Crippen molar-refractivity contribution in [3.05, 3.63) is 17.9 Å². The Hall–Kier alpha value is -2.49. The molecule has 0 aromatic carbocycles.